The lowest BCUT2D eigenvalue weighted by Crippen LogP contribution is -2.22. The number of nitrogens with zero attached hydrogens (tertiary/aromatic N) is 1. The number of alkyl halides is 3. The fourth-order valence-corrected chi connectivity index (χ4v) is 3.35. The summed E-state index contributed by atoms with van der Waals surface area (Å²) in [5.41, 5.74) is -0.510. The Morgan fingerprint density at radius 3 is 2.57 bits per heavy atom. The van der Waals surface area contributed by atoms with Crippen LogP contribution in [0.2, 0.25) is 0 Å². The summed E-state index contributed by atoms with van der Waals surface area (Å²) in [5.74, 6) is -0.511. The molecule has 0 unspecified atom stereocenters. The average Bonchev–Trinajstić information content (AvgIpc) is 3.08. The number of carbonyl (C=O) groups excluding carboxylic acids is 1. The van der Waals surface area contributed by atoms with Gasteiger partial charge in [-0.3, -0.25) is 9.59 Å². The number of hydrogen-bond donors (Lipinski definition) is 1. The second-order valence-electron chi connectivity index (χ2n) is 6.24. The molecule has 0 aliphatic carbocycles. The van der Waals surface area contributed by atoms with Crippen molar-refractivity contribution in [2.75, 3.05) is 6.61 Å². The Kier molecular flexibility index (Phi) is 6.56. The quantitative estimate of drug-likeness (QED) is 0.564. The van der Waals surface area contributed by atoms with E-state index in [9.17, 15) is 27.2 Å². The molecule has 1 aromatic heterocycles. The Morgan fingerprint density at radius 1 is 1.13 bits per heavy atom. The van der Waals surface area contributed by atoms with Crippen molar-refractivity contribution in [2.45, 2.75) is 19.3 Å². The van der Waals surface area contributed by atoms with Crippen LogP contribution < -0.4 is 14.9 Å². The van der Waals surface area contributed by atoms with Crippen LogP contribution in [0, 0.1) is 5.82 Å². The van der Waals surface area contributed by atoms with Gasteiger partial charge in [0.05, 0.1) is 12.1 Å². The zero-order chi connectivity index (χ0) is 21.7. The maximum atomic E-state index is 12.9. The molecule has 0 atom stereocenters. The molecule has 1 amide bonds. The van der Waals surface area contributed by atoms with Gasteiger partial charge in [-0.2, -0.15) is 13.2 Å². The first-order chi connectivity index (χ1) is 14.2. The Morgan fingerprint density at radius 2 is 1.87 bits per heavy atom. The van der Waals surface area contributed by atoms with Crippen molar-refractivity contribution in [2.24, 2.45) is 0 Å². The molecular weight excluding hydrogens is 424 g/mol. The van der Waals surface area contributed by atoms with E-state index in [4.69, 9.17) is 4.74 Å². The zero-order valence-corrected chi connectivity index (χ0v) is 16.2. The molecule has 0 saturated heterocycles. The Hall–Kier alpha value is -3.14. The number of halogens is 4. The van der Waals surface area contributed by atoms with Crippen LogP contribution in [0.25, 0.3) is 0 Å². The highest BCUT2D eigenvalue weighted by molar-refractivity contribution is 7.11. The lowest BCUT2D eigenvalue weighted by molar-refractivity contribution is -0.137. The zero-order valence-electron chi connectivity index (χ0n) is 15.4. The molecule has 0 spiro atoms. The monoisotopic (exact) mass is 440 g/mol. The molecule has 158 valence electrons. The van der Waals surface area contributed by atoms with Gasteiger partial charge in [-0.25, -0.2) is 4.39 Å². The van der Waals surface area contributed by atoms with Gasteiger partial charge in [0.25, 0.3) is 5.91 Å². The van der Waals surface area contributed by atoms with Crippen LogP contribution in [0.4, 0.5) is 17.6 Å². The van der Waals surface area contributed by atoms with Gasteiger partial charge >= 0.3 is 11.0 Å². The third-order valence-electron chi connectivity index (χ3n) is 4.05. The van der Waals surface area contributed by atoms with Gasteiger partial charge in [-0.1, -0.05) is 23.5 Å². The van der Waals surface area contributed by atoms with Crippen molar-refractivity contribution >= 4 is 17.2 Å². The number of ether oxygens (including phenoxy) is 1. The number of amides is 1. The Bertz CT molecular complexity index is 1070. The van der Waals surface area contributed by atoms with E-state index < -0.39 is 23.5 Å². The molecule has 0 aliphatic heterocycles. The van der Waals surface area contributed by atoms with Crippen LogP contribution in [-0.4, -0.2) is 17.1 Å². The van der Waals surface area contributed by atoms with Crippen molar-refractivity contribution in [1.29, 1.82) is 0 Å². The highest BCUT2D eigenvalue weighted by atomic mass is 32.1. The van der Waals surface area contributed by atoms with Crippen LogP contribution in [0.1, 0.15) is 20.8 Å². The lowest BCUT2D eigenvalue weighted by Gasteiger charge is -2.09. The van der Waals surface area contributed by atoms with Crippen molar-refractivity contribution in [3.63, 3.8) is 0 Å². The summed E-state index contributed by atoms with van der Waals surface area (Å²) in [5, 5.41) is 2.51. The van der Waals surface area contributed by atoms with Gasteiger partial charge in [0, 0.05) is 12.7 Å². The largest absolute Gasteiger partial charge is 0.492 e. The summed E-state index contributed by atoms with van der Waals surface area (Å²) in [6.07, 6.45) is -3.10. The van der Waals surface area contributed by atoms with E-state index >= 15 is 0 Å². The van der Waals surface area contributed by atoms with Crippen LogP contribution in [0.3, 0.4) is 0 Å². The first kappa shape index (κ1) is 21.6. The van der Waals surface area contributed by atoms with Gasteiger partial charge in [0.1, 0.15) is 23.1 Å². The Labute approximate surface area is 172 Å². The minimum atomic E-state index is -4.47. The molecule has 3 rings (SSSR count). The van der Waals surface area contributed by atoms with Crippen molar-refractivity contribution in [1.82, 2.24) is 9.88 Å². The van der Waals surface area contributed by atoms with E-state index in [2.05, 4.69) is 5.32 Å². The van der Waals surface area contributed by atoms with Crippen molar-refractivity contribution in [3.05, 3.63) is 86.2 Å². The number of aromatic nitrogens is 1. The molecule has 2 aromatic carbocycles. The molecule has 1 N–H and O–H groups in total. The molecule has 0 saturated carbocycles. The topological polar surface area (TPSA) is 60.3 Å². The average molecular weight is 440 g/mol. The summed E-state index contributed by atoms with van der Waals surface area (Å²) in [7, 11) is 0. The minimum absolute atomic E-state index is 0.109. The summed E-state index contributed by atoms with van der Waals surface area (Å²) >= 11 is 0.723. The molecule has 30 heavy (non-hydrogen) atoms. The number of hydrogen-bond acceptors (Lipinski definition) is 4. The number of thiazole rings is 1. The van der Waals surface area contributed by atoms with E-state index in [1.165, 1.54) is 47.2 Å². The molecule has 0 radical (unpaired) electrons. The standard InChI is InChI=1S/C20H16F4N2O3S/c21-15-4-6-16(7-5-15)29-9-8-26-12-17(30-19(26)28)18(27)25-11-13-2-1-3-14(10-13)20(22,23)24/h1-7,10,12H,8-9,11H2,(H,25,27). The minimum Gasteiger partial charge on any atom is -0.492 e. The fraction of sp³-hybridized carbons (Fsp3) is 0.200. The summed E-state index contributed by atoms with van der Waals surface area (Å²) < 4.78 is 57.8. The van der Waals surface area contributed by atoms with Gasteiger partial charge in [-0.05, 0) is 42.0 Å². The van der Waals surface area contributed by atoms with Crippen molar-refractivity contribution in [3.8, 4) is 5.75 Å². The van der Waals surface area contributed by atoms with E-state index in [1.807, 2.05) is 0 Å². The van der Waals surface area contributed by atoms with Crippen LogP contribution >= 0.6 is 11.3 Å². The fourth-order valence-electron chi connectivity index (χ4n) is 2.55. The number of rotatable bonds is 7. The van der Waals surface area contributed by atoms with Gasteiger partial charge in [0.2, 0.25) is 0 Å². The second-order valence-corrected chi connectivity index (χ2v) is 7.23. The molecule has 5 nitrogen and oxygen atoms in total. The predicted octanol–water partition coefficient (Wildman–Crippen LogP) is 4.08. The molecule has 10 heteroatoms. The number of nitrogens with one attached hydrogen (secondary N) is 1. The van der Waals surface area contributed by atoms with E-state index in [0.29, 0.717) is 5.75 Å². The second kappa shape index (κ2) is 9.12. The molecule has 0 aliphatic rings. The third-order valence-corrected chi connectivity index (χ3v) is 4.97. The Balaban J connectivity index is 1.56. The van der Waals surface area contributed by atoms with Crippen LogP contribution in [0.5, 0.6) is 5.75 Å². The highest BCUT2D eigenvalue weighted by Crippen LogP contribution is 2.29. The molecule has 3 aromatic rings. The SMILES string of the molecule is O=C(NCc1cccc(C(F)(F)F)c1)c1cn(CCOc2ccc(F)cc2)c(=O)s1. The summed E-state index contributed by atoms with van der Waals surface area (Å²) in [6, 6.07) is 10.1. The molecule has 0 bridgehead atoms. The summed E-state index contributed by atoms with van der Waals surface area (Å²) in [4.78, 5) is 24.0. The normalized spacial score (nSPS) is 11.3. The smallest absolute Gasteiger partial charge is 0.416 e. The number of carbonyl (C=O) groups is 1. The van der Waals surface area contributed by atoms with E-state index in [0.717, 1.165) is 23.5 Å². The maximum absolute atomic E-state index is 12.9. The van der Waals surface area contributed by atoms with Gasteiger partial charge in [0.15, 0.2) is 0 Å². The summed E-state index contributed by atoms with van der Waals surface area (Å²) in [6.45, 7) is 0.198. The van der Waals surface area contributed by atoms with Crippen LogP contribution in [-0.2, 0) is 19.3 Å². The molecule has 0 fully saturated rings. The van der Waals surface area contributed by atoms with Gasteiger partial charge in [-0.15, -0.1) is 0 Å². The first-order valence-electron chi connectivity index (χ1n) is 8.75. The maximum Gasteiger partial charge on any atom is 0.416 e. The first-order valence-corrected chi connectivity index (χ1v) is 9.57. The highest BCUT2D eigenvalue weighted by Gasteiger charge is 2.30. The van der Waals surface area contributed by atoms with E-state index in [1.54, 1.807) is 0 Å². The molecule has 1 heterocycles. The third kappa shape index (κ3) is 5.69. The van der Waals surface area contributed by atoms with Gasteiger partial charge < -0.3 is 14.6 Å². The predicted molar refractivity (Wildman–Crippen MR) is 103 cm³/mol. The van der Waals surface area contributed by atoms with Crippen LogP contribution in [0.15, 0.2) is 59.5 Å². The molecular formula is C20H16F4N2O3S. The van der Waals surface area contributed by atoms with E-state index in [-0.39, 0.29) is 35.0 Å². The lowest BCUT2D eigenvalue weighted by atomic mass is 10.1. The number of benzene rings is 2. The van der Waals surface area contributed by atoms with Crippen molar-refractivity contribution < 1.29 is 27.1 Å².